The van der Waals surface area contributed by atoms with Gasteiger partial charge in [-0.1, -0.05) is 18.2 Å². The van der Waals surface area contributed by atoms with Gasteiger partial charge in [-0.2, -0.15) is 13.2 Å². The number of likely N-dealkylation sites (N-methyl/N-ethyl adjacent to an activating group) is 2. The first-order valence-electron chi connectivity index (χ1n) is 6.36. The second-order valence-corrected chi connectivity index (χ2v) is 4.67. The zero-order valence-corrected chi connectivity index (χ0v) is 11.9. The maximum Gasteiger partial charge on any atom is 0.406 e. The highest BCUT2D eigenvalue weighted by Crippen LogP contribution is 2.20. The standard InChI is InChI=1S/C14H19F3N2O/c1-4-19(12-8-6-5-7-11(12)2)9-13(20)18(3)10-14(15,16)17/h5-8H,4,9-10H2,1-3H3. The van der Waals surface area contributed by atoms with Gasteiger partial charge < -0.3 is 9.80 Å². The number of hydrogen-bond acceptors (Lipinski definition) is 2. The number of benzene rings is 1. The van der Waals surface area contributed by atoms with Crippen LogP contribution in [0.3, 0.4) is 0 Å². The van der Waals surface area contributed by atoms with Crippen LogP contribution in [0.4, 0.5) is 18.9 Å². The lowest BCUT2D eigenvalue weighted by Gasteiger charge is -2.27. The van der Waals surface area contributed by atoms with E-state index in [9.17, 15) is 18.0 Å². The highest BCUT2D eigenvalue weighted by molar-refractivity contribution is 5.81. The van der Waals surface area contributed by atoms with E-state index in [4.69, 9.17) is 0 Å². The van der Waals surface area contributed by atoms with Crippen molar-refractivity contribution in [3.63, 3.8) is 0 Å². The molecule has 1 aromatic rings. The van der Waals surface area contributed by atoms with Gasteiger partial charge in [-0.3, -0.25) is 4.79 Å². The molecule has 20 heavy (non-hydrogen) atoms. The quantitative estimate of drug-likeness (QED) is 0.832. The van der Waals surface area contributed by atoms with Crippen LogP contribution in [0.25, 0.3) is 0 Å². The molecule has 0 fully saturated rings. The third-order valence-electron chi connectivity index (χ3n) is 3.01. The van der Waals surface area contributed by atoms with E-state index in [0.29, 0.717) is 11.4 Å². The summed E-state index contributed by atoms with van der Waals surface area (Å²) < 4.78 is 36.8. The zero-order valence-electron chi connectivity index (χ0n) is 11.9. The molecule has 0 bridgehead atoms. The van der Waals surface area contributed by atoms with E-state index in [0.717, 1.165) is 11.3 Å². The zero-order chi connectivity index (χ0) is 15.3. The van der Waals surface area contributed by atoms with Gasteiger partial charge >= 0.3 is 6.18 Å². The Bertz CT molecular complexity index is 460. The van der Waals surface area contributed by atoms with Crippen LogP contribution in [0.2, 0.25) is 0 Å². The van der Waals surface area contributed by atoms with E-state index in [-0.39, 0.29) is 6.54 Å². The molecule has 0 heterocycles. The molecule has 112 valence electrons. The average molecular weight is 288 g/mol. The normalized spacial score (nSPS) is 11.3. The molecule has 0 atom stereocenters. The maximum absolute atomic E-state index is 12.3. The summed E-state index contributed by atoms with van der Waals surface area (Å²) in [7, 11) is 1.17. The minimum Gasteiger partial charge on any atom is -0.362 e. The molecule has 0 unspecified atom stereocenters. The van der Waals surface area contributed by atoms with Gasteiger partial charge in [0.25, 0.3) is 0 Å². The lowest BCUT2D eigenvalue weighted by atomic mass is 10.2. The first kappa shape index (κ1) is 16.3. The number of hydrogen-bond donors (Lipinski definition) is 0. The number of carbonyl (C=O) groups is 1. The Kier molecular flexibility index (Phi) is 5.42. The van der Waals surface area contributed by atoms with Crippen LogP contribution in [-0.2, 0) is 4.79 Å². The molecule has 0 aromatic heterocycles. The summed E-state index contributed by atoms with van der Waals surface area (Å²) in [6.45, 7) is 3.03. The monoisotopic (exact) mass is 288 g/mol. The molecule has 0 spiro atoms. The maximum atomic E-state index is 12.3. The molecule has 3 nitrogen and oxygen atoms in total. The van der Waals surface area contributed by atoms with Crippen LogP contribution < -0.4 is 4.90 Å². The van der Waals surface area contributed by atoms with Crippen LogP contribution in [0, 0.1) is 6.92 Å². The molecule has 0 aliphatic heterocycles. The SMILES string of the molecule is CCN(CC(=O)N(C)CC(F)(F)F)c1ccccc1C. The molecule has 6 heteroatoms. The molecule has 1 aromatic carbocycles. The van der Waals surface area contributed by atoms with Crippen molar-refractivity contribution in [2.45, 2.75) is 20.0 Å². The summed E-state index contributed by atoms with van der Waals surface area (Å²) in [6.07, 6.45) is -4.37. The van der Waals surface area contributed by atoms with Crippen LogP contribution in [0.1, 0.15) is 12.5 Å². The van der Waals surface area contributed by atoms with Crippen molar-refractivity contribution in [3.8, 4) is 0 Å². The third-order valence-corrected chi connectivity index (χ3v) is 3.01. The Labute approximate surface area is 117 Å². The number of para-hydroxylation sites is 1. The Morgan fingerprint density at radius 3 is 2.35 bits per heavy atom. The molecule has 0 saturated heterocycles. The number of halogens is 3. The van der Waals surface area contributed by atoms with Crippen LogP contribution in [0.15, 0.2) is 24.3 Å². The molecule has 0 saturated carbocycles. The van der Waals surface area contributed by atoms with Crippen LogP contribution in [-0.4, -0.2) is 43.7 Å². The summed E-state index contributed by atoms with van der Waals surface area (Å²) in [4.78, 5) is 14.3. The van der Waals surface area contributed by atoms with E-state index in [1.54, 1.807) is 4.90 Å². The minimum atomic E-state index is -4.37. The summed E-state index contributed by atoms with van der Waals surface area (Å²) in [5.74, 6) is -0.549. The Morgan fingerprint density at radius 2 is 1.85 bits per heavy atom. The minimum absolute atomic E-state index is 0.0616. The highest BCUT2D eigenvalue weighted by atomic mass is 19.4. The summed E-state index contributed by atoms with van der Waals surface area (Å²) in [5.41, 5.74) is 1.85. The van der Waals surface area contributed by atoms with Gasteiger partial charge in [-0.05, 0) is 25.5 Å². The van der Waals surface area contributed by atoms with E-state index >= 15 is 0 Å². The fourth-order valence-electron chi connectivity index (χ4n) is 1.93. The molecule has 0 aliphatic rings. The molecule has 0 aliphatic carbocycles. The molecular weight excluding hydrogens is 269 g/mol. The fraction of sp³-hybridized carbons (Fsp3) is 0.500. The van der Waals surface area contributed by atoms with Gasteiger partial charge in [0.2, 0.25) is 5.91 Å². The van der Waals surface area contributed by atoms with E-state index in [1.807, 2.05) is 38.1 Å². The van der Waals surface area contributed by atoms with Crippen molar-refractivity contribution in [1.82, 2.24) is 4.90 Å². The molecule has 0 N–H and O–H groups in total. The Hall–Kier alpha value is -1.72. The topological polar surface area (TPSA) is 23.6 Å². The van der Waals surface area contributed by atoms with E-state index in [2.05, 4.69) is 0 Å². The van der Waals surface area contributed by atoms with Crippen molar-refractivity contribution in [2.75, 3.05) is 31.6 Å². The summed E-state index contributed by atoms with van der Waals surface area (Å²) in [6, 6.07) is 7.48. The van der Waals surface area contributed by atoms with Crippen LogP contribution >= 0.6 is 0 Å². The number of nitrogens with zero attached hydrogens (tertiary/aromatic N) is 2. The van der Waals surface area contributed by atoms with Gasteiger partial charge in [0, 0.05) is 19.3 Å². The lowest BCUT2D eigenvalue weighted by Crippen LogP contribution is -2.42. The van der Waals surface area contributed by atoms with Gasteiger partial charge in [-0.15, -0.1) is 0 Å². The number of rotatable bonds is 5. The van der Waals surface area contributed by atoms with Gasteiger partial charge in [0.1, 0.15) is 6.54 Å². The van der Waals surface area contributed by atoms with Gasteiger partial charge in [0.15, 0.2) is 0 Å². The molecule has 0 radical (unpaired) electrons. The third kappa shape index (κ3) is 4.75. The van der Waals surface area contributed by atoms with Gasteiger partial charge in [0.05, 0.1) is 6.54 Å². The first-order chi connectivity index (χ1) is 9.24. The highest BCUT2D eigenvalue weighted by Gasteiger charge is 2.31. The number of aryl methyl sites for hydroxylation is 1. The summed E-state index contributed by atoms with van der Waals surface area (Å²) >= 11 is 0. The Balaban J connectivity index is 2.74. The fourth-order valence-corrected chi connectivity index (χ4v) is 1.93. The Morgan fingerprint density at radius 1 is 1.25 bits per heavy atom. The van der Waals surface area contributed by atoms with Crippen molar-refractivity contribution < 1.29 is 18.0 Å². The van der Waals surface area contributed by atoms with Crippen molar-refractivity contribution in [2.24, 2.45) is 0 Å². The molecule has 1 rings (SSSR count). The average Bonchev–Trinajstić information content (AvgIpc) is 2.34. The number of carbonyl (C=O) groups excluding carboxylic acids is 1. The lowest BCUT2D eigenvalue weighted by molar-refractivity contribution is -0.157. The molecular formula is C14H19F3N2O. The number of alkyl halides is 3. The number of amides is 1. The predicted molar refractivity (Wildman–Crippen MR) is 72.8 cm³/mol. The van der Waals surface area contributed by atoms with Crippen molar-refractivity contribution in [1.29, 1.82) is 0 Å². The summed E-state index contributed by atoms with van der Waals surface area (Å²) in [5, 5.41) is 0. The predicted octanol–water partition coefficient (Wildman–Crippen LogP) is 2.84. The molecule has 1 amide bonds. The van der Waals surface area contributed by atoms with E-state index < -0.39 is 18.6 Å². The van der Waals surface area contributed by atoms with E-state index in [1.165, 1.54) is 7.05 Å². The van der Waals surface area contributed by atoms with Crippen LogP contribution in [0.5, 0.6) is 0 Å². The smallest absolute Gasteiger partial charge is 0.362 e. The second kappa shape index (κ2) is 6.63. The van der Waals surface area contributed by atoms with Gasteiger partial charge in [-0.25, -0.2) is 0 Å². The number of anilines is 1. The van der Waals surface area contributed by atoms with Crippen molar-refractivity contribution in [3.05, 3.63) is 29.8 Å². The second-order valence-electron chi connectivity index (χ2n) is 4.67. The largest absolute Gasteiger partial charge is 0.406 e. The first-order valence-corrected chi connectivity index (χ1v) is 6.36. The van der Waals surface area contributed by atoms with Crippen molar-refractivity contribution >= 4 is 11.6 Å².